The molecule has 8 heteroatoms. The molecule has 31 heavy (non-hydrogen) atoms. The molecule has 1 fully saturated rings. The Labute approximate surface area is 186 Å². The molecule has 1 aliphatic heterocycles. The van der Waals surface area contributed by atoms with Gasteiger partial charge in [-0.3, -0.25) is 9.69 Å². The SMILES string of the molecule is COc1ccccc1NC(=O)CSc1nnc(CN2CCCC2)n1Cc1ccccc1. The molecule has 3 aromatic rings. The van der Waals surface area contributed by atoms with Crippen LogP contribution in [0.3, 0.4) is 0 Å². The molecule has 4 rings (SSSR count). The van der Waals surface area contributed by atoms with E-state index in [1.807, 2.05) is 42.5 Å². The van der Waals surface area contributed by atoms with Crippen LogP contribution in [-0.2, 0) is 17.9 Å². The Bertz CT molecular complexity index is 1000. The number of nitrogens with zero attached hydrogens (tertiary/aromatic N) is 4. The number of hydrogen-bond donors (Lipinski definition) is 1. The average Bonchev–Trinajstić information content (AvgIpc) is 3.44. The van der Waals surface area contributed by atoms with Gasteiger partial charge >= 0.3 is 0 Å². The van der Waals surface area contributed by atoms with Crippen molar-refractivity contribution in [2.45, 2.75) is 31.1 Å². The zero-order valence-electron chi connectivity index (χ0n) is 17.7. The van der Waals surface area contributed by atoms with E-state index in [2.05, 4.69) is 37.1 Å². The minimum absolute atomic E-state index is 0.107. The molecule has 0 unspecified atom stereocenters. The predicted octanol–water partition coefficient (Wildman–Crippen LogP) is 3.66. The number of ether oxygens (including phenoxy) is 1. The molecule has 2 heterocycles. The number of carbonyl (C=O) groups excluding carboxylic acids is 1. The lowest BCUT2D eigenvalue weighted by molar-refractivity contribution is -0.113. The van der Waals surface area contributed by atoms with Crippen molar-refractivity contribution in [3.8, 4) is 5.75 Å². The van der Waals surface area contributed by atoms with Crippen LogP contribution in [-0.4, -0.2) is 51.5 Å². The van der Waals surface area contributed by atoms with Gasteiger partial charge < -0.3 is 14.6 Å². The van der Waals surface area contributed by atoms with Gasteiger partial charge in [0.2, 0.25) is 5.91 Å². The molecule has 162 valence electrons. The summed E-state index contributed by atoms with van der Waals surface area (Å²) < 4.78 is 7.44. The van der Waals surface area contributed by atoms with Crippen LogP contribution in [0.1, 0.15) is 24.2 Å². The first kappa shape index (κ1) is 21.4. The quantitative estimate of drug-likeness (QED) is 0.515. The Morgan fingerprint density at radius 3 is 2.55 bits per heavy atom. The van der Waals surface area contributed by atoms with E-state index in [-0.39, 0.29) is 11.7 Å². The second-order valence-corrected chi connectivity index (χ2v) is 8.43. The van der Waals surface area contributed by atoms with E-state index >= 15 is 0 Å². The van der Waals surface area contributed by atoms with Crippen LogP contribution in [0.4, 0.5) is 5.69 Å². The first-order valence-electron chi connectivity index (χ1n) is 10.5. The molecule has 0 bridgehead atoms. The molecule has 1 aromatic heterocycles. The number of likely N-dealkylation sites (tertiary alicyclic amines) is 1. The van der Waals surface area contributed by atoms with Crippen LogP contribution in [0.5, 0.6) is 5.75 Å². The fraction of sp³-hybridized carbons (Fsp3) is 0.348. The summed E-state index contributed by atoms with van der Waals surface area (Å²) in [5, 5.41) is 12.5. The van der Waals surface area contributed by atoms with Crippen LogP contribution in [0.2, 0.25) is 0 Å². The third-order valence-corrected chi connectivity index (χ3v) is 6.22. The Hall–Kier alpha value is -2.84. The maximum Gasteiger partial charge on any atom is 0.234 e. The largest absolute Gasteiger partial charge is 0.495 e. The summed E-state index contributed by atoms with van der Waals surface area (Å²) in [6, 6.07) is 17.7. The van der Waals surface area contributed by atoms with Crippen molar-refractivity contribution in [1.29, 1.82) is 0 Å². The highest BCUT2D eigenvalue weighted by Crippen LogP contribution is 2.25. The molecule has 0 spiro atoms. The van der Waals surface area contributed by atoms with Crippen LogP contribution in [0.15, 0.2) is 59.8 Å². The van der Waals surface area contributed by atoms with Crippen LogP contribution in [0.25, 0.3) is 0 Å². The highest BCUT2D eigenvalue weighted by atomic mass is 32.2. The van der Waals surface area contributed by atoms with E-state index in [1.54, 1.807) is 7.11 Å². The molecule has 2 aromatic carbocycles. The lowest BCUT2D eigenvalue weighted by Crippen LogP contribution is -2.22. The topological polar surface area (TPSA) is 72.3 Å². The van der Waals surface area contributed by atoms with Crippen molar-refractivity contribution in [2.24, 2.45) is 0 Å². The number of rotatable bonds is 9. The number of anilines is 1. The first-order valence-corrected chi connectivity index (χ1v) is 11.5. The van der Waals surface area contributed by atoms with Gasteiger partial charge in [0.15, 0.2) is 5.16 Å². The third kappa shape index (κ3) is 5.65. The van der Waals surface area contributed by atoms with E-state index in [0.717, 1.165) is 30.6 Å². The van der Waals surface area contributed by atoms with Crippen LogP contribution >= 0.6 is 11.8 Å². The molecule has 1 N–H and O–H groups in total. The second kappa shape index (κ2) is 10.5. The Morgan fingerprint density at radius 2 is 1.77 bits per heavy atom. The summed E-state index contributed by atoms with van der Waals surface area (Å²) in [4.78, 5) is 15.0. The number of benzene rings is 2. The Kier molecular flexibility index (Phi) is 7.22. The smallest absolute Gasteiger partial charge is 0.234 e. The number of aromatic nitrogens is 3. The molecule has 0 saturated carbocycles. The number of methoxy groups -OCH3 is 1. The van der Waals surface area contributed by atoms with Crippen molar-refractivity contribution >= 4 is 23.4 Å². The monoisotopic (exact) mass is 437 g/mol. The van der Waals surface area contributed by atoms with Gasteiger partial charge in [-0.05, 0) is 43.6 Å². The normalized spacial score (nSPS) is 14.0. The maximum atomic E-state index is 12.6. The van der Waals surface area contributed by atoms with Gasteiger partial charge in [-0.1, -0.05) is 54.2 Å². The lowest BCUT2D eigenvalue weighted by atomic mass is 10.2. The van der Waals surface area contributed by atoms with E-state index in [1.165, 1.54) is 30.2 Å². The molecular weight excluding hydrogens is 410 g/mol. The molecule has 1 aliphatic rings. The molecular formula is C23H27N5O2S. The maximum absolute atomic E-state index is 12.6. The number of para-hydroxylation sites is 2. The second-order valence-electron chi connectivity index (χ2n) is 7.49. The number of hydrogen-bond acceptors (Lipinski definition) is 6. The fourth-order valence-electron chi connectivity index (χ4n) is 3.67. The summed E-state index contributed by atoms with van der Waals surface area (Å²) in [6.45, 7) is 3.67. The summed E-state index contributed by atoms with van der Waals surface area (Å²) in [6.07, 6.45) is 2.47. The minimum atomic E-state index is -0.107. The lowest BCUT2D eigenvalue weighted by Gasteiger charge is -2.16. The molecule has 0 aliphatic carbocycles. The van der Waals surface area contributed by atoms with Gasteiger partial charge in [0.1, 0.15) is 11.6 Å². The highest BCUT2D eigenvalue weighted by Gasteiger charge is 2.19. The van der Waals surface area contributed by atoms with Crippen molar-refractivity contribution in [2.75, 3.05) is 31.3 Å². The molecule has 0 atom stereocenters. The average molecular weight is 438 g/mol. The number of carbonyl (C=O) groups is 1. The van der Waals surface area contributed by atoms with Gasteiger partial charge in [0.05, 0.1) is 31.6 Å². The Morgan fingerprint density at radius 1 is 1.03 bits per heavy atom. The van der Waals surface area contributed by atoms with Crippen molar-refractivity contribution in [3.05, 3.63) is 66.0 Å². The van der Waals surface area contributed by atoms with Gasteiger partial charge in [-0.2, -0.15) is 0 Å². The third-order valence-electron chi connectivity index (χ3n) is 5.25. The zero-order valence-corrected chi connectivity index (χ0v) is 18.5. The standard InChI is InChI=1S/C23H27N5O2S/c1-30-20-12-6-5-11-19(20)24-22(29)17-31-23-26-25-21(16-27-13-7-8-14-27)28(23)15-18-9-3-2-4-10-18/h2-6,9-12H,7-8,13-17H2,1H3,(H,24,29). The van der Waals surface area contributed by atoms with E-state index < -0.39 is 0 Å². The van der Waals surface area contributed by atoms with Gasteiger partial charge in [0.25, 0.3) is 0 Å². The summed E-state index contributed by atoms with van der Waals surface area (Å²) in [7, 11) is 1.59. The van der Waals surface area contributed by atoms with E-state index in [4.69, 9.17) is 4.74 Å². The molecule has 1 saturated heterocycles. The molecule has 0 radical (unpaired) electrons. The predicted molar refractivity (Wildman–Crippen MR) is 122 cm³/mol. The van der Waals surface area contributed by atoms with Gasteiger partial charge in [-0.15, -0.1) is 10.2 Å². The zero-order chi connectivity index (χ0) is 21.5. The summed E-state index contributed by atoms with van der Waals surface area (Å²) >= 11 is 1.40. The highest BCUT2D eigenvalue weighted by molar-refractivity contribution is 7.99. The molecule has 7 nitrogen and oxygen atoms in total. The van der Waals surface area contributed by atoms with Crippen molar-refractivity contribution < 1.29 is 9.53 Å². The Balaban J connectivity index is 1.46. The number of nitrogens with one attached hydrogen (secondary N) is 1. The van der Waals surface area contributed by atoms with Crippen LogP contribution in [0, 0.1) is 0 Å². The molecule has 1 amide bonds. The summed E-state index contributed by atoms with van der Waals surface area (Å²) in [5.41, 5.74) is 1.85. The van der Waals surface area contributed by atoms with Crippen LogP contribution < -0.4 is 10.1 Å². The van der Waals surface area contributed by atoms with E-state index in [9.17, 15) is 4.79 Å². The minimum Gasteiger partial charge on any atom is -0.495 e. The number of thioether (sulfide) groups is 1. The van der Waals surface area contributed by atoms with Crippen molar-refractivity contribution in [1.82, 2.24) is 19.7 Å². The van der Waals surface area contributed by atoms with Gasteiger partial charge in [-0.25, -0.2) is 0 Å². The van der Waals surface area contributed by atoms with Crippen molar-refractivity contribution in [3.63, 3.8) is 0 Å². The number of amides is 1. The fourth-order valence-corrected chi connectivity index (χ4v) is 4.43. The van der Waals surface area contributed by atoms with Gasteiger partial charge in [0, 0.05) is 0 Å². The van der Waals surface area contributed by atoms with E-state index in [0.29, 0.717) is 18.0 Å². The summed E-state index contributed by atoms with van der Waals surface area (Å²) in [5.74, 6) is 1.72. The first-order chi connectivity index (χ1) is 15.2.